The van der Waals surface area contributed by atoms with Crippen LogP contribution >= 0.6 is 11.8 Å². The number of benzene rings is 2. The number of aryl methyl sites for hydroxylation is 1. The molecule has 226 valence electrons. The van der Waals surface area contributed by atoms with Gasteiger partial charge in [0.15, 0.2) is 5.16 Å². The number of nitrogens with zero attached hydrogens (tertiary/aromatic N) is 2. The number of amides is 2. The lowest BCUT2D eigenvalue weighted by atomic mass is 9.92. The Morgan fingerprint density at radius 3 is 2.36 bits per heavy atom. The van der Waals surface area contributed by atoms with E-state index in [2.05, 4.69) is 15.3 Å². The van der Waals surface area contributed by atoms with E-state index in [1.165, 1.54) is 28.8 Å². The van der Waals surface area contributed by atoms with Gasteiger partial charge in [0, 0.05) is 18.3 Å². The highest BCUT2D eigenvalue weighted by Gasteiger charge is 2.37. The molecule has 3 aromatic rings. The van der Waals surface area contributed by atoms with Gasteiger partial charge in [-0.3, -0.25) is 4.79 Å². The standard InChI is InChI=1S/C27H25F7N4O3S/c1-14-8-18(28)2-3-20(14)21-12-19(42-24-36-22(39)13-23(40)37-24)5-7-38(21)25(41)35-6-4-15-9-16(26(29,30)31)11-17(10-15)27(32,33)34/h2-3,8-11,13,19,21H,4-7,12H2,1H3,(H,35,41)(H2,36,37,39,40). The molecular formula is C27H25F7N4O3S. The Bertz CT molecular complexity index is 1480. The molecule has 2 amide bonds. The number of carbonyl (C=O) groups excluding carboxylic acids is 1. The number of piperidine rings is 1. The topological polar surface area (TPSA) is 98.3 Å². The van der Waals surface area contributed by atoms with Crippen LogP contribution in [0, 0.1) is 12.7 Å². The lowest BCUT2D eigenvalue weighted by Gasteiger charge is -2.40. The second-order valence-corrected chi connectivity index (χ2v) is 11.1. The van der Waals surface area contributed by atoms with Gasteiger partial charge >= 0.3 is 18.4 Å². The van der Waals surface area contributed by atoms with Crippen LogP contribution in [0.15, 0.2) is 52.4 Å². The van der Waals surface area contributed by atoms with Gasteiger partial charge in [-0.2, -0.15) is 31.3 Å². The van der Waals surface area contributed by atoms with Crippen LogP contribution in [0.2, 0.25) is 0 Å². The van der Waals surface area contributed by atoms with Crippen LogP contribution in [0.3, 0.4) is 0 Å². The smallest absolute Gasteiger partial charge is 0.416 e. The molecule has 1 fully saturated rings. The molecule has 1 aliphatic heterocycles. The number of carbonyl (C=O) groups is 1. The minimum Gasteiger partial charge on any atom is -0.493 e. The third-order valence-electron chi connectivity index (χ3n) is 6.73. The average molecular weight is 619 g/mol. The molecule has 4 rings (SSSR count). The van der Waals surface area contributed by atoms with Crippen molar-refractivity contribution in [3.63, 3.8) is 0 Å². The number of aromatic hydroxyl groups is 1. The van der Waals surface area contributed by atoms with Crippen LogP contribution < -0.4 is 10.9 Å². The maximum absolute atomic E-state index is 13.8. The Labute approximate surface area is 239 Å². The van der Waals surface area contributed by atoms with E-state index in [9.17, 15) is 45.4 Å². The highest BCUT2D eigenvalue weighted by molar-refractivity contribution is 7.99. The summed E-state index contributed by atoms with van der Waals surface area (Å²) >= 11 is 1.19. The molecule has 3 N–H and O–H groups in total. The number of thioether (sulfide) groups is 1. The van der Waals surface area contributed by atoms with Crippen molar-refractivity contribution in [3.8, 4) is 5.88 Å². The van der Waals surface area contributed by atoms with E-state index in [0.29, 0.717) is 36.1 Å². The monoisotopic (exact) mass is 618 g/mol. The fourth-order valence-electron chi connectivity index (χ4n) is 4.81. The maximum atomic E-state index is 13.8. The SMILES string of the molecule is Cc1cc(F)ccc1C1CC(Sc2nc(O)cc(=O)[nH]2)CCN1C(=O)NCCc1cc(C(F)(F)F)cc(C(F)(F)F)c1. The normalized spacial score (nSPS) is 17.8. The summed E-state index contributed by atoms with van der Waals surface area (Å²) in [4.78, 5) is 32.9. The van der Waals surface area contributed by atoms with Crippen molar-refractivity contribution in [2.24, 2.45) is 0 Å². The number of rotatable bonds is 6. The second kappa shape index (κ2) is 12.2. The molecule has 2 unspecified atom stereocenters. The zero-order valence-electron chi connectivity index (χ0n) is 21.9. The Balaban J connectivity index is 1.51. The number of alkyl halides is 6. The molecule has 7 nitrogen and oxygen atoms in total. The Hall–Kier alpha value is -3.75. The number of likely N-dealkylation sites (tertiary alicyclic amines) is 1. The van der Waals surface area contributed by atoms with Gasteiger partial charge in [0.1, 0.15) is 5.82 Å². The molecule has 0 bridgehead atoms. The van der Waals surface area contributed by atoms with E-state index in [1.807, 2.05) is 0 Å². The summed E-state index contributed by atoms with van der Waals surface area (Å²) in [6, 6.07) is 5.12. The summed E-state index contributed by atoms with van der Waals surface area (Å²) in [5, 5.41) is 12.2. The first-order valence-electron chi connectivity index (χ1n) is 12.7. The van der Waals surface area contributed by atoms with Crippen LogP contribution in [-0.4, -0.2) is 44.3 Å². The van der Waals surface area contributed by atoms with Crippen molar-refractivity contribution in [2.45, 2.75) is 55.0 Å². The zero-order chi connectivity index (χ0) is 30.8. The molecule has 2 aromatic carbocycles. The van der Waals surface area contributed by atoms with Crippen molar-refractivity contribution in [1.82, 2.24) is 20.2 Å². The first-order valence-corrected chi connectivity index (χ1v) is 13.5. The number of H-pyrrole nitrogens is 1. The summed E-state index contributed by atoms with van der Waals surface area (Å²) in [7, 11) is 0. The molecule has 2 atom stereocenters. The molecule has 2 heterocycles. The molecule has 0 saturated carbocycles. The summed E-state index contributed by atoms with van der Waals surface area (Å²) in [6.45, 7) is 1.62. The largest absolute Gasteiger partial charge is 0.493 e. The quantitative estimate of drug-likeness (QED) is 0.226. The molecule has 42 heavy (non-hydrogen) atoms. The van der Waals surface area contributed by atoms with E-state index in [1.54, 1.807) is 13.0 Å². The lowest BCUT2D eigenvalue weighted by molar-refractivity contribution is -0.143. The Morgan fingerprint density at radius 2 is 1.76 bits per heavy atom. The van der Waals surface area contributed by atoms with E-state index >= 15 is 0 Å². The number of aromatic nitrogens is 2. The summed E-state index contributed by atoms with van der Waals surface area (Å²) in [5.74, 6) is -0.929. The van der Waals surface area contributed by atoms with E-state index in [4.69, 9.17) is 0 Å². The summed E-state index contributed by atoms with van der Waals surface area (Å²) in [5.41, 5.74) is -2.46. The molecule has 0 spiro atoms. The molecular weight excluding hydrogens is 593 g/mol. The molecule has 15 heteroatoms. The van der Waals surface area contributed by atoms with Crippen LogP contribution in [0.5, 0.6) is 5.88 Å². The fraction of sp³-hybridized carbons (Fsp3) is 0.370. The van der Waals surface area contributed by atoms with Gasteiger partial charge in [-0.15, -0.1) is 0 Å². The molecule has 0 radical (unpaired) electrons. The second-order valence-electron chi connectivity index (χ2n) is 9.78. The lowest BCUT2D eigenvalue weighted by Crippen LogP contribution is -2.47. The third kappa shape index (κ3) is 7.75. The summed E-state index contributed by atoms with van der Waals surface area (Å²) in [6.07, 6.45) is -9.49. The van der Waals surface area contributed by atoms with Gasteiger partial charge in [0.25, 0.3) is 5.56 Å². The van der Waals surface area contributed by atoms with E-state index in [-0.39, 0.29) is 41.5 Å². The van der Waals surface area contributed by atoms with Crippen molar-refractivity contribution in [1.29, 1.82) is 0 Å². The number of hydrogen-bond acceptors (Lipinski definition) is 5. The molecule has 1 aliphatic rings. The predicted octanol–water partition coefficient (Wildman–Crippen LogP) is 6.21. The number of halogens is 7. The summed E-state index contributed by atoms with van der Waals surface area (Å²) < 4.78 is 93.0. The van der Waals surface area contributed by atoms with Crippen LogP contribution in [-0.2, 0) is 18.8 Å². The van der Waals surface area contributed by atoms with Gasteiger partial charge in [-0.1, -0.05) is 17.8 Å². The maximum Gasteiger partial charge on any atom is 0.416 e. The minimum atomic E-state index is -4.98. The Morgan fingerprint density at radius 1 is 1.10 bits per heavy atom. The zero-order valence-corrected chi connectivity index (χ0v) is 22.8. The highest BCUT2D eigenvalue weighted by atomic mass is 32.2. The van der Waals surface area contributed by atoms with Crippen LogP contribution in [0.1, 0.15) is 46.7 Å². The fourth-order valence-corrected chi connectivity index (χ4v) is 5.93. The number of aromatic amines is 1. The predicted molar refractivity (Wildman–Crippen MR) is 140 cm³/mol. The first kappa shape index (κ1) is 31.2. The van der Waals surface area contributed by atoms with Gasteiger partial charge in [-0.25, -0.2) is 9.18 Å². The highest BCUT2D eigenvalue weighted by Crippen LogP contribution is 2.40. The van der Waals surface area contributed by atoms with Crippen molar-refractivity contribution in [3.05, 3.63) is 86.5 Å². The Kier molecular flexibility index (Phi) is 9.09. The minimum absolute atomic E-state index is 0.0435. The number of nitrogens with one attached hydrogen (secondary N) is 2. The van der Waals surface area contributed by atoms with E-state index < -0.39 is 52.8 Å². The van der Waals surface area contributed by atoms with Gasteiger partial charge in [0.2, 0.25) is 5.88 Å². The first-order chi connectivity index (χ1) is 19.6. The molecule has 1 saturated heterocycles. The van der Waals surface area contributed by atoms with Gasteiger partial charge in [-0.05, 0) is 73.2 Å². The van der Waals surface area contributed by atoms with Crippen LogP contribution in [0.25, 0.3) is 0 Å². The average Bonchev–Trinajstić information content (AvgIpc) is 2.87. The molecule has 1 aromatic heterocycles. The van der Waals surface area contributed by atoms with Crippen molar-refractivity contribution >= 4 is 17.8 Å². The van der Waals surface area contributed by atoms with Gasteiger partial charge < -0.3 is 20.3 Å². The number of urea groups is 1. The van der Waals surface area contributed by atoms with E-state index in [0.717, 1.165) is 6.07 Å². The third-order valence-corrected chi connectivity index (χ3v) is 7.91. The van der Waals surface area contributed by atoms with Gasteiger partial charge in [0.05, 0.1) is 23.2 Å². The van der Waals surface area contributed by atoms with Crippen molar-refractivity contribution in [2.75, 3.05) is 13.1 Å². The molecule has 0 aliphatic carbocycles. The van der Waals surface area contributed by atoms with Crippen LogP contribution in [0.4, 0.5) is 35.5 Å². The van der Waals surface area contributed by atoms with Crippen molar-refractivity contribution < 1.29 is 40.6 Å². The number of hydrogen-bond donors (Lipinski definition) is 3.